The number of hydrogen-bond acceptors (Lipinski definition) is 5. The Bertz CT molecular complexity index is 503. The van der Waals surface area contributed by atoms with Crippen molar-refractivity contribution >= 4 is 13.3 Å². The minimum Gasteiger partial charge on any atom is -0.424 e. The monoisotopic (exact) mass is 329 g/mol. The Morgan fingerprint density at radius 3 is 2.27 bits per heavy atom. The predicted molar refractivity (Wildman–Crippen MR) is 86.6 cm³/mol. The van der Waals surface area contributed by atoms with E-state index in [2.05, 4.69) is 6.92 Å². The van der Waals surface area contributed by atoms with Crippen LogP contribution in [0.4, 0.5) is 5.69 Å². The van der Waals surface area contributed by atoms with Gasteiger partial charge in [-0.25, -0.2) is 4.57 Å². The summed E-state index contributed by atoms with van der Waals surface area (Å²) in [4.78, 5) is 10.1. The molecule has 124 valence electrons. The van der Waals surface area contributed by atoms with Crippen LogP contribution in [0.1, 0.15) is 46.0 Å². The van der Waals surface area contributed by atoms with Gasteiger partial charge in [-0.2, -0.15) is 0 Å². The van der Waals surface area contributed by atoms with E-state index < -0.39 is 12.5 Å². The summed E-state index contributed by atoms with van der Waals surface area (Å²) in [5.74, 6) is 0.330. The van der Waals surface area contributed by atoms with E-state index in [-0.39, 0.29) is 5.69 Å². The fourth-order valence-corrected chi connectivity index (χ4v) is 3.75. The molecule has 1 atom stereocenters. The molecule has 0 saturated heterocycles. The first-order valence-electron chi connectivity index (χ1n) is 7.68. The molecule has 0 radical (unpaired) electrons. The molecule has 1 aromatic carbocycles. The van der Waals surface area contributed by atoms with Gasteiger partial charge in [-0.05, 0) is 25.5 Å². The molecule has 1 unspecified atom stereocenters. The predicted octanol–water partition coefficient (Wildman–Crippen LogP) is 5.17. The van der Waals surface area contributed by atoms with E-state index in [1.807, 2.05) is 0 Å². The molecule has 6 nitrogen and oxygen atoms in total. The van der Waals surface area contributed by atoms with Crippen molar-refractivity contribution < 1.29 is 18.5 Å². The zero-order valence-corrected chi connectivity index (χ0v) is 14.1. The van der Waals surface area contributed by atoms with Gasteiger partial charge in [0.1, 0.15) is 5.75 Å². The smallest absolute Gasteiger partial charge is 0.379 e. The summed E-state index contributed by atoms with van der Waals surface area (Å²) in [5.41, 5.74) is -0.0295. The highest BCUT2D eigenvalue weighted by molar-refractivity contribution is 7.54. The Kier molecular flexibility index (Phi) is 8.13. The fraction of sp³-hybridized carbons (Fsp3) is 0.600. The number of hydrogen-bond donors (Lipinski definition) is 0. The van der Waals surface area contributed by atoms with Gasteiger partial charge in [0.25, 0.3) is 5.69 Å². The van der Waals surface area contributed by atoms with E-state index in [0.29, 0.717) is 18.5 Å². The highest BCUT2D eigenvalue weighted by atomic mass is 31.2. The summed E-state index contributed by atoms with van der Waals surface area (Å²) in [6.07, 6.45) is 5.57. The fourth-order valence-electron chi connectivity index (χ4n) is 2.03. The number of benzene rings is 1. The van der Waals surface area contributed by atoms with Crippen molar-refractivity contribution in [3.8, 4) is 5.75 Å². The average molecular weight is 329 g/mol. The summed E-state index contributed by atoms with van der Waals surface area (Å²) in [7, 11) is -3.20. The molecule has 0 spiro atoms. The minimum atomic E-state index is -3.20. The third-order valence-corrected chi connectivity index (χ3v) is 5.16. The lowest BCUT2D eigenvalue weighted by Crippen LogP contribution is -2.03. The second-order valence-corrected chi connectivity index (χ2v) is 7.12. The molecule has 7 heteroatoms. The first kappa shape index (κ1) is 18.7. The normalized spacial score (nSPS) is 13.5. The molecule has 0 aliphatic heterocycles. The highest BCUT2D eigenvalue weighted by Gasteiger charge is 2.25. The Labute approximate surface area is 131 Å². The van der Waals surface area contributed by atoms with E-state index >= 15 is 0 Å². The molecule has 0 amide bonds. The Hall–Kier alpha value is -1.39. The van der Waals surface area contributed by atoms with Gasteiger partial charge in [0.15, 0.2) is 0 Å². The zero-order valence-electron chi connectivity index (χ0n) is 13.2. The average Bonchev–Trinajstić information content (AvgIpc) is 2.48. The Balaban J connectivity index is 2.61. The van der Waals surface area contributed by atoms with Crippen LogP contribution in [-0.2, 0) is 9.09 Å². The van der Waals surface area contributed by atoms with Gasteiger partial charge in [0.2, 0.25) is 0 Å². The first-order chi connectivity index (χ1) is 10.5. The minimum absolute atomic E-state index is 0.0295. The molecular formula is C15H24NO5P. The van der Waals surface area contributed by atoms with Crippen molar-refractivity contribution in [2.24, 2.45) is 0 Å². The molecule has 0 bridgehead atoms. The van der Waals surface area contributed by atoms with Crippen LogP contribution in [0, 0.1) is 10.1 Å². The molecule has 0 saturated carbocycles. The maximum Gasteiger partial charge on any atom is 0.379 e. The standard InChI is InChI=1S/C15H24NO5P/c1-3-5-6-7-8-13-22(19,20-4-2)21-15-11-9-14(10-12-15)16(17)18/h9-12H,3-8,13H2,1-2H3. The molecule has 0 aliphatic carbocycles. The van der Waals surface area contributed by atoms with Crippen LogP contribution in [0.5, 0.6) is 5.75 Å². The van der Waals surface area contributed by atoms with Crippen molar-refractivity contribution in [1.29, 1.82) is 0 Å². The van der Waals surface area contributed by atoms with E-state index in [1.54, 1.807) is 6.92 Å². The summed E-state index contributed by atoms with van der Waals surface area (Å²) in [6, 6.07) is 5.54. The molecule has 0 fully saturated rings. The van der Waals surface area contributed by atoms with Crippen molar-refractivity contribution in [3.05, 3.63) is 34.4 Å². The van der Waals surface area contributed by atoms with Crippen molar-refractivity contribution in [1.82, 2.24) is 0 Å². The molecular weight excluding hydrogens is 305 g/mol. The lowest BCUT2D eigenvalue weighted by Gasteiger charge is -2.18. The van der Waals surface area contributed by atoms with Crippen LogP contribution >= 0.6 is 7.60 Å². The van der Waals surface area contributed by atoms with Gasteiger partial charge in [-0.3, -0.25) is 10.1 Å². The number of unbranched alkanes of at least 4 members (excludes halogenated alkanes) is 4. The second-order valence-electron chi connectivity index (χ2n) is 5.01. The Morgan fingerprint density at radius 1 is 1.09 bits per heavy atom. The van der Waals surface area contributed by atoms with Crippen LogP contribution in [0.2, 0.25) is 0 Å². The number of rotatable bonds is 11. The van der Waals surface area contributed by atoms with Crippen molar-refractivity contribution in [3.63, 3.8) is 0 Å². The topological polar surface area (TPSA) is 78.7 Å². The van der Waals surface area contributed by atoms with E-state index in [4.69, 9.17) is 9.05 Å². The molecule has 0 aliphatic rings. The van der Waals surface area contributed by atoms with Gasteiger partial charge in [-0.1, -0.05) is 32.6 Å². The molecule has 0 aromatic heterocycles. The van der Waals surface area contributed by atoms with Crippen LogP contribution in [0.15, 0.2) is 24.3 Å². The van der Waals surface area contributed by atoms with E-state index in [0.717, 1.165) is 25.7 Å². The number of non-ortho nitro benzene ring substituents is 1. The van der Waals surface area contributed by atoms with Crippen LogP contribution in [-0.4, -0.2) is 17.7 Å². The van der Waals surface area contributed by atoms with Crippen molar-refractivity contribution in [2.45, 2.75) is 46.0 Å². The summed E-state index contributed by atoms with van der Waals surface area (Å²) < 4.78 is 23.5. The molecule has 1 rings (SSSR count). The SMILES string of the molecule is CCCCCCCP(=O)(OCC)Oc1ccc([N+](=O)[O-])cc1. The number of nitro benzene ring substituents is 1. The summed E-state index contributed by atoms with van der Waals surface area (Å²) in [6.45, 7) is 4.21. The van der Waals surface area contributed by atoms with Crippen LogP contribution in [0.3, 0.4) is 0 Å². The van der Waals surface area contributed by atoms with Gasteiger partial charge >= 0.3 is 7.60 Å². The molecule has 22 heavy (non-hydrogen) atoms. The summed E-state index contributed by atoms with van der Waals surface area (Å²) in [5, 5.41) is 10.6. The lowest BCUT2D eigenvalue weighted by molar-refractivity contribution is -0.384. The van der Waals surface area contributed by atoms with Gasteiger partial charge < -0.3 is 9.05 Å². The number of nitro groups is 1. The zero-order chi connectivity index (χ0) is 16.4. The highest BCUT2D eigenvalue weighted by Crippen LogP contribution is 2.49. The van der Waals surface area contributed by atoms with E-state index in [9.17, 15) is 14.7 Å². The molecule has 1 aromatic rings. The van der Waals surface area contributed by atoms with Crippen LogP contribution < -0.4 is 4.52 Å². The third-order valence-electron chi connectivity index (χ3n) is 3.15. The van der Waals surface area contributed by atoms with Gasteiger partial charge in [-0.15, -0.1) is 0 Å². The van der Waals surface area contributed by atoms with Gasteiger partial charge in [0, 0.05) is 12.1 Å². The second kappa shape index (κ2) is 9.59. The van der Waals surface area contributed by atoms with Crippen LogP contribution in [0.25, 0.3) is 0 Å². The summed E-state index contributed by atoms with van der Waals surface area (Å²) >= 11 is 0. The van der Waals surface area contributed by atoms with E-state index in [1.165, 1.54) is 30.7 Å². The maximum atomic E-state index is 12.7. The number of nitrogens with zero attached hydrogens (tertiary/aromatic N) is 1. The first-order valence-corrected chi connectivity index (χ1v) is 9.41. The largest absolute Gasteiger partial charge is 0.424 e. The van der Waals surface area contributed by atoms with Gasteiger partial charge in [0.05, 0.1) is 17.7 Å². The van der Waals surface area contributed by atoms with Crippen molar-refractivity contribution in [2.75, 3.05) is 12.8 Å². The quantitative estimate of drug-likeness (QED) is 0.242. The Morgan fingerprint density at radius 2 is 1.73 bits per heavy atom. The molecule has 0 N–H and O–H groups in total. The lowest BCUT2D eigenvalue weighted by atomic mass is 10.2. The maximum absolute atomic E-state index is 12.7. The third kappa shape index (κ3) is 6.58. The molecule has 0 heterocycles.